The summed E-state index contributed by atoms with van der Waals surface area (Å²) in [4.78, 5) is 24.1. The molecule has 0 unspecified atom stereocenters. The van der Waals surface area contributed by atoms with Crippen molar-refractivity contribution in [2.75, 3.05) is 11.9 Å². The van der Waals surface area contributed by atoms with Gasteiger partial charge >= 0.3 is 5.97 Å². The van der Waals surface area contributed by atoms with Gasteiger partial charge in [0.2, 0.25) is 0 Å². The number of halogens is 1. The smallest absolute Gasteiger partial charge is 0.337 e. The lowest BCUT2D eigenvalue weighted by Crippen LogP contribution is -2.16. The van der Waals surface area contributed by atoms with Crippen molar-refractivity contribution < 1.29 is 24.2 Å². The van der Waals surface area contributed by atoms with Gasteiger partial charge in [-0.3, -0.25) is 4.79 Å². The molecule has 0 saturated heterocycles. The van der Waals surface area contributed by atoms with Crippen LogP contribution in [0.1, 0.15) is 28.4 Å². The highest BCUT2D eigenvalue weighted by atomic mass is 79.9. The quantitative estimate of drug-likeness (QED) is 0.278. The van der Waals surface area contributed by atoms with E-state index in [0.29, 0.717) is 34.7 Å². The van der Waals surface area contributed by atoms with E-state index in [0.717, 1.165) is 5.56 Å². The monoisotopic (exact) mass is 520 g/mol. The SMILES string of the molecule is CCOc1cc(/C=C(\C#N)C(=O)Nc2ccccc2C(=O)O)cc(Br)c1OCc1ccccc1. The minimum Gasteiger partial charge on any atom is -0.490 e. The molecule has 0 heterocycles. The molecular formula is C26H21BrN2O5. The number of hydrogen-bond acceptors (Lipinski definition) is 5. The molecule has 0 atom stereocenters. The van der Waals surface area contributed by atoms with Crippen LogP contribution in [-0.4, -0.2) is 23.6 Å². The van der Waals surface area contributed by atoms with Gasteiger partial charge in [-0.1, -0.05) is 42.5 Å². The lowest BCUT2D eigenvalue weighted by atomic mass is 10.1. The molecule has 7 nitrogen and oxygen atoms in total. The van der Waals surface area contributed by atoms with Crippen LogP contribution in [0.5, 0.6) is 11.5 Å². The number of nitrogens with zero attached hydrogens (tertiary/aromatic N) is 1. The third kappa shape index (κ3) is 6.24. The van der Waals surface area contributed by atoms with Crippen LogP contribution < -0.4 is 14.8 Å². The molecule has 0 bridgehead atoms. The van der Waals surface area contributed by atoms with Crippen molar-refractivity contribution in [2.45, 2.75) is 13.5 Å². The molecule has 0 saturated carbocycles. The van der Waals surface area contributed by atoms with Crippen LogP contribution in [0.2, 0.25) is 0 Å². The largest absolute Gasteiger partial charge is 0.490 e. The molecule has 0 aromatic heterocycles. The van der Waals surface area contributed by atoms with E-state index in [-0.39, 0.29) is 16.8 Å². The normalized spacial score (nSPS) is 10.8. The summed E-state index contributed by atoms with van der Waals surface area (Å²) in [5.41, 5.74) is 1.34. The van der Waals surface area contributed by atoms with Crippen LogP contribution in [0, 0.1) is 11.3 Å². The van der Waals surface area contributed by atoms with E-state index in [1.54, 1.807) is 24.3 Å². The van der Waals surface area contributed by atoms with E-state index in [2.05, 4.69) is 21.2 Å². The zero-order valence-corrected chi connectivity index (χ0v) is 19.8. The molecular weight excluding hydrogens is 500 g/mol. The van der Waals surface area contributed by atoms with E-state index < -0.39 is 11.9 Å². The molecule has 8 heteroatoms. The Balaban J connectivity index is 1.87. The van der Waals surface area contributed by atoms with E-state index in [1.165, 1.54) is 18.2 Å². The maximum atomic E-state index is 12.7. The highest BCUT2D eigenvalue weighted by Crippen LogP contribution is 2.38. The Kier molecular flexibility index (Phi) is 8.43. The predicted molar refractivity (Wildman–Crippen MR) is 132 cm³/mol. The summed E-state index contributed by atoms with van der Waals surface area (Å²) in [6, 6.07) is 20.9. The number of nitriles is 1. The fraction of sp³-hybridized carbons (Fsp3) is 0.115. The average molecular weight is 521 g/mol. The number of aromatic carboxylic acids is 1. The molecule has 0 aliphatic heterocycles. The first kappa shape index (κ1) is 24.6. The Morgan fingerprint density at radius 3 is 2.47 bits per heavy atom. The van der Waals surface area contributed by atoms with Gasteiger partial charge in [-0.2, -0.15) is 5.26 Å². The highest BCUT2D eigenvalue weighted by molar-refractivity contribution is 9.10. The third-order valence-corrected chi connectivity index (χ3v) is 5.23. The molecule has 3 aromatic rings. The van der Waals surface area contributed by atoms with Gasteiger partial charge in [0.05, 0.1) is 22.3 Å². The average Bonchev–Trinajstić information content (AvgIpc) is 2.83. The van der Waals surface area contributed by atoms with E-state index in [4.69, 9.17) is 9.47 Å². The number of carbonyl (C=O) groups is 2. The summed E-state index contributed by atoms with van der Waals surface area (Å²) in [7, 11) is 0. The van der Waals surface area contributed by atoms with Crippen LogP contribution in [-0.2, 0) is 11.4 Å². The number of ether oxygens (including phenoxy) is 2. The molecule has 0 radical (unpaired) electrons. The number of nitrogens with one attached hydrogen (secondary N) is 1. The van der Waals surface area contributed by atoms with E-state index in [9.17, 15) is 20.0 Å². The van der Waals surface area contributed by atoms with Gasteiger partial charge in [-0.05, 0) is 64.3 Å². The fourth-order valence-electron chi connectivity index (χ4n) is 3.09. The van der Waals surface area contributed by atoms with Gasteiger partial charge < -0.3 is 19.9 Å². The number of rotatable bonds is 9. The summed E-state index contributed by atoms with van der Waals surface area (Å²) in [5, 5.41) is 21.3. The molecule has 0 fully saturated rings. The van der Waals surface area contributed by atoms with Crippen molar-refractivity contribution in [1.82, 2.24) is 0 Å². The maximum Gasteiger partial charge on any atom is 0.337 e. The lowest BCUT2D eigenvalue weighted by molar-refractivity contribution is -0.112. The number of benzene rings is 3. The van der Waals surface area contributed by atoms with Crippen molar-refractivity contribution >= 4 is 39.6 Å². The Morgan fingerprint density at radius 2 is 1.79 bits per heavy atom. The molecule has 0 aliphatic carbocycles. The van der Waals surface area contributed by atoms with Gasteiger partial charge in [0.25, 0.3) is 5.91 Å². The Hall–Kier alpha value is -4.09. The summed E-state index contributed by atoms with van der Waals surface area (Å²) in [5.74, 6) is -0.960. The van der Waals surface area contributed by atoms with Crippen LogP contribution >= 0.6 is 15.9 Å². The number of carboxylic acid groups (broad SMARTS) is 1. The summed E-state index contributed by atoms with van der Waals surface area (Å²) in [6.07, 6.45) is 1.40. The molecule has 34 heavy (non-hydrogen) atoms. The summed E-state index contributed by atoms with van der Waals surface area (Å²) < 4.78 is 12.3. The number of para-hydroxylation sites is 1. The van der Waals surface area contributed by atoms with Crippen LogP contribution in [0.15, 0.2) is 76.8 Å². The first-order valence-electron chi connectivity index (χ1n) is 10.3. The first-order valence-corrected chi connectivity index (χ1v) is 11.1. The minimum atomic E-state index is -1.19. The van der Waals surface area contributed by atoms with Crippen molar-refractivity contribution in [3.8, 4) is 17.6 Å². The standard InChI is InChI=1S/C26H21BrN2O5/c1-2-33-23-14-18(13-21(27)24(23)34-16-17-8-4-3-5-9-17)12-19(15-28)25(30)29-22-11-7-6-10-20(22)26(31)32/h3-14H,2,16H2,1H3,(H,29,30)(H,31,32)/b19-12+. The Bertz CT molecular complexity index is 1270. The number of anilines is 1. The summed E-state index contributed by atoms with van der Waals surface area (Å²) in [6.45, 7) is 2.56. The maximum absolute atomic E-state index is 12.7. The molecule has 3 aromatic carbocycles. The fourth-order valence-corrected chi connectivity index (χ4v) is 3.66. The second-order valence-corrected chi connectivity index (χ2v) is 7.87. The number of carboxylic acids is 1. The number of hydrogen-bond donors (Lipinski definition) is 2. The van der Waals surface area contributed by atoms with Gasteiger partial charge in [0.15, 0.2) is 11.5 Å². The molecule has 2 N–H and O–H groups in total. The number of carbonyl (C=O) groups excluding carboxylic acids is 1. The Labute approximate surface area is 205 Å². The zero-order valence-electron chi connectivity index (χ0n) is 18.2. The van der Waals surface area contributed by atoms with Gasteiger partial charge in [0.1, 0.15) is 18.2 Å². The summed E-state index contributed by atoms with van der Waals surface area (Å²) >= 11 is 3.49. The molecule has 172 valence electrons. The van der Waals surface area contributed by atoms with Gasteiger partial charge in [-0.25, -0.2) is 4.79 Å². The number of amides is 1. The third-order valence-electron chi connectivity index (χ3n) is 4.64. The first-order chi connectivity index (χ1) is 16.4. The predicted octanol–water partition coefficient (Wildman–Crippen LogP) is 5.67. The second kappa shape index (κ2) is 11.7. The van der Waals surface area contributed by atoms with E-state index in [1.807, 2.05) is 43.3 Å². The lowest BCUT2D eigenvalue weighted by Gasteiger charge is -2.15. The topological polar surface area (TPSA) is 109 Å². The second-order valence-electron chi connectivity index (χ2n) is 7.01. The minimum absolute atomic E-state index is 0.0746. The van der Waals surface area contributed by atoms with Crippen molar-refractivity contribution in [1.29, 1.82) is 5.26 Å². The van der Waals surface area contributed by atoms with Gasteiger partial charge in [-0.15, -0.1) is 0 Å². The zero-order chi connectivity index (χ0) is 24.5. The van der Waals surface area contributed by atoms with Crippen LogP contribution in [0.4, 0.5) is 5.69 Å². The van der Waals surface area contributed by atoms with Crippen molar-refractivity contribution in [3.05, 3.63) is 93.5 Å². The van der Waals surface area contributed by atoms with E-state index >= 15 is 0 Å². The highest BCUT2D eigenvalue weighted by Gasteiger charge is 2.17. The molecule has 1 amide bonds. The molecule has 3 rings (SSSR count). The molecule has 0 spiro atoms. The van der Waals surface area contributed by atoms with Crippen LogP contribution in [0.25, 0.3) is 6.08 Å². The molecule has 0 aliphatic rings. The van der Waals surface area contributed by atoms with Crippen molar-refractivity contribution in [2.24, 2.45) is 0 Å². The van der Waals surface area contributed by atoms with Gasteiger partial charge in [0, 0.05) is 0 Å². The van der Waals surface area contributed by atoms with Crippen molar-refractivity contribution in [3.63, 3.8) is 0 Å². The van der Waals surface area contributed by atoms with Crippen LogP contribution in [0.3, 0.4) is 0 Å². The Morgan fingerprint density at radius 1 is 1.09 bits per heavy atom.